The van der Waals surface area contributed by atoms with E-state index in [9.17, 15) is 9.59 Å². The van der Waals surface area contributed by atoms with Gasteiger partial charge in [-0.1, -0.05) is 51.5 Å². The molecule has 0 bridgehead atoms. The summed E-state index contributed by atoms with van der Waals surface area (Å²) in [5.74, 6) is 0.633. The minimum atomic E-state index is -0.171. The number of nitrogens with one attached hydrogen (secondary N) is 2. The first-order chi connectivity index (χ1) is 14.3. The molecule has 0 aromatic heterocycles. The molecule has 0 aliphatic rings. The second-order valence-electron chi connectivity index (χ2n) is 7.85. The predicted octanol–water partition coefficient (Wildman–Crippen LogP) is 3.51. The van der Waals surface area contributed by atoms with Gasteiger partial charge in [0.25, 0.3) is 5.91 Å². The van der Waals surface area contributed by atoms with E-state index >= 15 is 0 Å². The van der Waals surface area contributed by atoms with E-state index in [2.05, 4.69) is 61.0 Å². The van der Waals surface area contributed by atoms with Crippen molar-refractivity contribution in [1.82, 2.24) is 0 Å². The third-order valence-electron chi connectivity index (χ3n) is 4.97. The Labute approximate surface area is 179 Å². The van der Waals surface area contributed by atoms with E-state index in [0.717, 1.165) is 12.8 Å². The fourth-order valence-corrected chi connectivity index (χ4v) is 3.51. The van der Waals surface area contributed by atoms with Crippen LogP contribution in [-0.2, 0) is 16.0 Å². The molecule has 4 N–H and O–H groups in total. The fourth-order valence-electron chi connectivity index (χ4n) is 3.51. The number of benzene rings is 2. The molecule has 0 saturated heterocycles. The molecule has 30 heavy (non-hydrogen) atoms. The molecule has 6 heteroatoms. The first-order valence-electron chi connectivity index (χ1n) is 10.5. The number of hydrogen-bond donors (Lipinski definition) is 3. The molecular formula is C24H34N3O3+. The third kappa shape index (κ3) is 6.88. The van der Waals surface area contributed by atoms with Crippen LogP contribution in [0.2, 0.25) is 0 Å². The zero-order chi connectivity index (χ0) is 22.1. The first-order valence-corrected chi connectivity index (χ1v) is 10.5. The average molecular weight is 413 g/mol. The van der Waals surface area contributed by atoms with Crippen LogP contribution in [0.5, 0.6) is 5.75 Å². The molecule has 0 fully saturated rings. The SMILES string of the molecule is CCCc1ccc([C@@H]([NH2+]CC(=O)Nc2cc(NC(C)=O)ccc2OC)C(C)C)cc1. The molecule has 0 unspecified atom stereocenters. The van der Waals surface area contributed by atoms with Gasteiger partial charge in [-0.05, 0) is 30.2 Å². The van der Waals surface area contributed by atoms with Gasteiger partial charge >= 0.3 is 0 Å². The first kappa shape index (κ1) is 23.4. The summed E-state index contributed by atoms with van der Waals surface area (Å²) in [6.07, 6.45) is 2.21. The van der Waals surface area contributed by atoms with Crippen LogP contribution >= 0.6 is 0 Å². The second-order valence-corrected chi connectivity index (χ2v) is 7.85. The lowest BCUT2D eigenvalue weighted by atomic mass is 9.94. The largest absolute Gasteiger partial charge is 0.495 e. The van der Waals surface area contributed by atoms with Crippen molar-refractivity contribution in [1.29, 1.82) is 0 Å². The number of anilines is 2. The summed E-state index contributed by atoms with van der Waals surface area (Å²) in [5.41, 5.74) is 3.71. The molecule has 0 saturated carbocycles. The number of ether oxygens (including phenoxy) is 1. The third-order valence-corrected chi connectivity index (χ3v) is 4.97. The van der Waals surface area contributed by atoms with Crippen LogP contribution in [0, 0.1) is 5.92 Å². The zero-order valence-corrected chi connectivity index (χ0v) is 18.6. The van der Waals surface area contributed by atoms with E-state index < -0.39 is 0 Å². The molecule has 0 radical (unpaired) electrons. The number of amides is 2. The van der Waals surface area contributed by atoms with Crippen molar-refractivity contribution in [3.05, 3.63) is 53.6 Å². The minimum Gasteiger partial charge on any atom is -0.495 e. The molecular weight excluding hydrogens is 378 g/mol. The van der Waals surface area contributed by atoms with E-state index in [-0.39, 0.29) is 24.4 Å². The van der Waals surface area contributed by atoms with Gasteiger partial charge in [-0.2, -0.15) is 0 Å². The number of nitrogens with two attached hydrogens (primary N) is 1. The van der Waals surface area contributed by atoms with Crippen molar-refractivity contribution in [2.24, 2.45) is 5.92 Å². The summed E-state index contributed by atoms with van der Waals surface area (Å²) in [7, 11) is 1.55. The molecule has 2 amide bonds. The maximum Gasteiger partial charge on any atom is 0.279 e. The summed E-state index contributed by atoms with van der Waals surface area (Å²) in [6, 6.07) is 14.1. The van der Waals surface area contributed by atoms with Gasteiger partial charge in [-0.3, -0.25) is 9.59 Å². The number of rotatable bonds is 10. The Bertz CT molecular complexity index is 847. The van der Waals surface area contributed by atoms with Crippen molar-refractivity contribution < 1.29 is 19.6 Å². The Morgan fingerprint density at radius 3 is 2.33 bits per heavy atom. The van der Waals surface area contributed by atoms with Crippen molar-refractivity contribution in [3.63, 3.8) is 0 Å². The van der Waals surface area contributed by atoms with E-state index in [1.807, 2.05) is 0 Å². The lowest BCUT2D eigenvalue weighted by molar-refractivity contribution is -0.692. The number of quaternary nitrogens is 1. The van der Waals surface area contributed by atoms with Gasteiger partial charge in [-0.15, -0.1) is 0 Å². The number of aryl methyl sites for hydroxylation is 1. The summed E-state index contributed by atoms with van der Waals surface area (Å²) >= 11 is 0. The Balaban J connectivity index is 2.04. The molecule has 1 atom stereocenters. The predicted molar refractivity (Wildman–Crippen MR) is 121 cm³/mol. The molecule has 0 spiro atoms. The van der Waals surface area contributed by atoms with Gasteiger partial charge in [0.05, 0.1) is 12.8 Å². The molecule has 0 aliphatic carbocycles. The van der Waals surface area contributed by atoms with Gasteiger partial charge in [0.2, 0.25) is 5.91 Å². The lowest BCUT2D eigenvalue weighted by Gasteiger charge is -2.20. The maximum absolute atomic E-state index is 12.6. The highest BCUT2D eigenvalue weighted by atomic mass is 16.5. The van der Waals surface area contributed by atoms with Crippen molar-refractivity contribution in [2.75, 3.05) is 24.3 Å². The van der Waals surface area contributed by atoms with Gasteiger partial charge in [0.1, 0.15) is 11.8 Å². The van der Waals surface area contributed by atoms with Crippen molar-refractivity contribution in [2.45, 2.75) is 46.6 Å². The highest BCUT2D eigenvalue weighted by Crippen LogP contribution is 2.27. The fraction of sp³-hybridized carbons (Fsp3) is 0.417. The Morgan fingerprint density at radius 2 is 1.77 bits per heavy atom. The van der Waals surface area contributed by atoms with Crippen LogP contribution < -0.4 is 20.7 Å². The molecule has 162 valence electrons. The van der Waals surface area contributed by atoms with Crippen LogP contribution in [0.3, 0.4) is 0 Å². The number of hydrogen-bond acceptors (Lipinski definition) is 3. The van der Waals surface area contributed by atoms with Crippen LogP contribution in [-0.4, -0.2) is 25.5 Å². The highest BCUT2D eigenvalue weighted by Gasteiger charge is 2.21. The van der Waals surface area contributed by atoms with E-state index in [1.54, 1.807) is 25.3 Å². The summed E-state index contributed by atoms with van der Waals surface area (Å²) in [4.78, 5) is 23.9. The normalized spacial score (nSPS) is 11.8. The van der Waals surface area contributed by atoms with Gasteiger partial charge in [0, 0.05) is 24.1 Å². The number of carbonyl (C=O) groups is 2. The molecule has 2 aromatic carbocycles. The summed E-state index contributed by atoms with van der Waals surface area (Å²) in [6.45, 7) is 8.24. The molecule has 0 heterocycles. The van der Waals surface area contributed by atoms with Crippen molar-refractivity contribution in [3.8, 4) is 5.75 Å². The standard InChI is InChI=1S/C24H33N3O3/c1-6-7-18-8-10-19(11-9-18)24(16(2)3)25-15-23(29)27-21-14-20(26-17(4)28)12-13-22(21)30-5/h8-14,16,24-25H,6-7,15H2,1-5H3,(H,26,28)(H,27,29)/p+1/t24-/m0/s1. The van der Waals surface area contributed by atoms with E-state index in [0.29, 0.717) is 23.0 Å². The average Bonchev–Trinajstić information content (AvgIpc) is 2.69. The number of methoxy groups -OCH3 is 1. The van der Waals surface area contributed by atoms with Crippen LogP contribution in [0.15, 0.2) is 42.5 Å². The highest BCUT2D eigenvalue weighted by molar-refractivity contribution is 5.95. The second kappa shape index (κ2) is 11.4. The minimum absolute atomic E-state index is 0.124. The lowest BCUT2D eigenvalue weighted by Crippen LogP contribution is -2.88. The molecule has 2 rings (SSSR count). The molecule has 0 aliphatic heterocycles. The topological polar surface area (TPSA) is 84.0 Å². The van der Waals surface area contributed by atoms with E-state index in [1.165, 1.54) is 18.1 Å². The van der Waals surface area contributed by atoms with Gasteiger partial charge in [0.15, 0.2) is 6.54 Å². The van der Waals surface area contributed by atoms with Crippen LogP contribution in [0.1, 0.15) is 51.3 Å². The smallest absolute Gasteiger partial charge is 0.279 e. The summed E-state index contributed by atoms with van der Waals surface area (Å²) in [5, 5.41) is 7.68. The van der Waals surface area contributed by atoms with E-state index in [4.69, 9.17) is 4.74 Å². The van der Waals surface area contributed by atoms with Gasteiger partial charge < -0.3 is 20.7 Å². The molecule has 2 aromatic rings. The zero-order valence-electron chi connectivity index (χ0n) is 18.6. The van der Waals surface area contributed by atoms with Crippen molar-refractivity contribution >= 4 is 23.2 Å². The van der Waals surface area contributed by atoms with Gasteiger partial charge in [-0.25, -0.2) is 0 Å². The Morgan fingerprint density at radius 1 is 1.07 bits per heavy atom. The Hall–Kier alpha value is -2.86. The molecule has 6 nitrogen and oxygen atoms in total. The quantitative estimate of drug-likeness (QED) is 0.558. The van der Waals surface area contributed by atoms with Crippen LogP contribution in [0.4, 0.5) is 11.4 Å². The monoisotopic (exact) mass is 412 g/mol. The Kier molecular flexibility index (Phi) is 8.87. The maximum atomic E-state index is 12.6. The van der Waals surface area contributed by atoms with Crippen LogP contribution in [0.25, 0.3) is 0 Å². The summed E-state index contributed by atoms with van der Waals surface area (Å²) < 4.78 is 5.33. The number of carbonyl (C=O) groups excluding carboxylic acids is 2.